The summed E-state index contributed by atoms with van der Waals surface area (Å²) in [5.41, 5.74) is 0.182. The molecular weight excluding hydrogens is 347 g/mol. The van der Waals surface area contributed by atoms with Crippen LogP contribution in [0.4, 0.5) is 4.39 Å². The summed E-state index contributed by atoms with van der Waals surface area (Å²) in [5, 5.41) is 0. The van der Waals surface area contributed by atoms with Crippen molar-refractivity contribution >= 4 is 21.9 Å². The van der Waals surface area contributed by atoms with Gasteiger partial charge in [-0.25, -0.2) is 4.39 Å². The number of hydrogen-bond acceptors (Lipinski definition) is 2. The second-order valence-electron chi connectivity index (χ2n) is 7.51. The van der Waals surface area contributed by atoms with E-state index in [0.717, 1.165) is 19.3 Å². The van der Waals surface area contributed by atoms with E-state index in [9.17, 15) is 9.18 Å². The van der Waals surface area contributed by atoms with Crippen LogP contribution in [0.25, 0.3) is 0 Å². The lowest BCUT2D eigenvalue weighted by Crippen LogP contribution is -2.50. The van der Waals surface area contributed by atoms with Crippen molar-refractivity contribution in [1.29, 1.82) is 0 Å². The van der Waals surface area contributed by atoms with Gasteiger partial charge in [-0.1, -0.05) is 22.0 Å². The highest BCUT2D eigenvalue weighted by atomic mass is 79.9. The van der Waals surface area contributed by atoms with Crippen LogP contribution in [0.2, 0.25) is 0 Å². The Hall–Kier alpha value is -0.900. The summed E-state index contributed by atoms with van der Waals surface area (Å²) in [6, 6.07) is 4.86. The number of rotatable bonds is 3. The van der Waals surface area contributed by atoms with Gasteiger partial charge in [0.25, 0.3) is 0 Å². The van der Waals surface area contributed by atoms with Gasteiger partial charge in [-0.15, -0.1) is 0 Å². The number of carbonyl (C=O) groups is 1. The van der Waals surface area contributed by atoms with E-state index in [-0.39, 0.29) is 23.8 Å². The number of hydrogen-bond donors (Lipinski definition) is 0. The van der Waals surface area contributed by atoms with Crippen molar-refractivity contribution in [2.24, 2.45) is 23.2 Å². The second-order valence-corrected chi connectivity index (χ2v) is 8.43. The van der Waals surface area contributed by atoms with Crippen molar-refractivity contribution in [1.82, 2.24) is 0 Å². The quantitative estimate of drug-likeness (QED) is 0.714. The first-order valence-corrected chi connectivity index (χ1v) is 8.94. The van der Waals surface area contributed by atoms with E-state index in [2.05, 4.69) is 15.9 Å². The molecule has 0 spiro atoms. The van der Waals surface area contributed by atoms with Crippen LogP contribution >= 0.6 is 15.9 Å². The molecule has 1 aromatic rings. The predicted molar refractivity (Wildman–Crippen MR) is 84.5 cm³/mol. The van der Waals surface area contributed by atoms with E-state index in [0.29, 0.717) is 27.8 Å². The molecule has 4 fully saturated rings. The molecule has 118 valence electrons. The number of benzene rings is 1. The first-order valence-electron chi connectivity index (χ1n) is 8.15. The molecule has 0 N–H and O–H groups in total. The van der Waals surface area contributed by atoms with Gasteiger partial charge in [-0.3, -0.25) is 4.79 Å². The molecule has 1 aromatic carbocycles. The third-order valence-electron chi connectivity index (χ3n) is 5.85. The average Bonchev–Trinajstić information content (AvgIpc) is 2.44. The highest BCUT2D eigenvalue weighted by Crippen LogP contribution is 2.60. The molecular formula is C18H20BrFO2. The number of ether oxygens (including phenoxy) is 1. The lowest BCUT2D eigenvalue weighted by molar-refractivity contribution is -0.173. The van der Waals surface area contributed by atoms with Crippen LogP contribution in [-0.2, 0) is 16.1 Å². The minimum atomic E-state index is -0.326. The van der Waals surface area contributed by atoms with Crippen molar-refractivity contribution in [3.05, 3.63) is 34.1 Å². The Balaban J connectivity index is 1.46. The molecule has 0 unspecified atom stereocenters. The van der Waals surface area contributed by atoms with Crippen molar-refractivity contribution < 1.29 is 13.9 Å². The maximum atomic E-state index is 13.8. The molecule has 2 nitrogen and oxygen atoms in total. The summed E-state index contributed by atoms with van der Waals surface area (Å²) in [4.78, 5) is 12.7. The zero-order valence-electron chi connectivity index (χ0n) is 12.5. The Morgan fingerprint density at radius 1 is 1.18 bits per heavy atom. The molecule has 4 heteroatoms. The Labute approximate surface area is 138 Å². The highest BCUT2D eigenvalue weighted by Gasteiger charge is 2.55. The van der Waals surface area contributed by atoms with Crippen LogP contribution in [-0.4, -0.2) is 5.97 Å². The van der Waals surface area contributed by atoms with Gasteiger partial charge in [-0.05, 0) is 68.4 Å². The third-order valence-corrected chi connectivity index (χ3v) is 6.34. The first-order chi connectivity index (χ1) is 10.5. The van der Waals surface area contributed by atoms with E-state index in [1.807, 2.05) is 0 Å². The summed E-state index contributed by atoms with van der Waals surface area (Å²) >= 11 is 3.24. The molecule has 4 bridgehead atoms. The van der Waals surface area contributed by atoms with Gasteiger partial charge < -0.3 is 4.74 Å². The van der Waals surface area contributed by atoms with Gasteiger partial charge in [0.15, 0.2) is 0 Å². The first kappa shape index (κ1) is 14.7. The minimum absolute atomic E-state index is 0.0414. The van der Waals surface area contributed by atoms with Crippen LogP contribution < -0.4 is 0 Å². The summed E-state index contributed by atoms with van der Waals surface area (Å²) < 4.78 is 20.1. The largest absolute Gasteiger partial charge is 0.460 e. The summed E-state index contributed by atoms with van der Waals surface area (Å²) in [6.07, 6.45) is 6.86. The van der Waals surface area contributed by atoms with Crippen LogP contribution in [0.1, 0.15) is 44.1 Å². The van der Waals surface area contributed by atoms with Crippen LogP contribution in [0, 0.1) is 29.0 Å². The van der Waals surface area contributed by atoms with Crippen LogP contribution in [0.3, 0.4) is 0 Å². The van der Waals surface area contributed by atoms with E-state index >= 15 is 0 Å². The zero-order chi connectivity index (χ0) is 15.3. The monoisotopic (exact) mass is 366 g/mol. The van der Waals surface area contributed by atoms with Gasteiger partial charge in [0, 0.05) is 10.0 Å². The molecule has 22 heavy (non-hydrogen) atoms. The molecule has 0 aromatic heterocycles. The molecule has 4 aliphatic carbocycles. The average molecular weight is 367 g/mol. The normalized spacial score (nSPS) is 35.6. The van der Waals surface area contributed by atoms with Crippen LogP contribution in [0.15, 0.2) is 22.7 Å². The molecule has 5 rings (SSSR count). The van der Waals surface area contributed by atoms with Gasteiger partial charge in [0.2, 0.25) is 0 Å². The fourth-order valence-corrected chi connectivity index (χ4v) is 5.63. The number of carbonyl (C=O) groups excluding carboxylic acids is 1. The van der Waals surface area contributed by atoms with Gasteiger partial charge in [0.1, 0.15) is 12.4 Å². The van der Waals surface area contributed by atoms with E-state index in [1.165, 1.54) is 25.3 Å². The van der Waals surface area contributed by atoms with Crippen molar-refractivity contribution in [2.75, 3.05) is 0 Å². The van der Waals surface area contributed by atoms with E-state index < -0.39 is 0 Å². The fraction of sp³-hybridized carbons (Fsp3) is 0.611. The van der Waals surface area contributed by atoms with Crippen molar-refractivity contribution in [3.63, 3.8) is 0 Å². The maximum absolute atomic E-state index is 13.8. The molecule has 0 heterocycles. The zero-order valence-corrected chi connectivity index (χ0v) is 14.1. The molecule has 0 aliphatic heterocycles. The smallest absolute Gasteiger partial charge is 0.312 e. The Morgan fingerprint density at radius 3 is 2.32 bits per heavy atom. The van der Waals surface area contributed by atoms with Gasteiger partial charge in [0.05, 0.1) is 5.41 Å². The second kappa shape index (κ2) is 5.33. The topological polar surface area (TPSA) is 26.3 Å². The maximum Gasteiger partial charge on any atom is 0.312 e. The van der Waals surface area contributed by atoms with Gasteiger partial charge in [-0.2, -0.15) is 0 Å². The molecule has 0 amide bonds. The highest BCUT2D eigenvalue weighted by molar-refractivity contribution is 9.10. The number of esters is 1. The lowest BCUT2D eigenvalue weighted by Gasteiger charge is -2.55. The third kappa shape index (κ3) is 2.49. The molecule has 0 saturated heterocycles. The summed E-state index contributed by atoms with van der Waals surface area (Å²) in [6.45, 7) is 0.0414. The number of halogens is 2. The van der Waals surface area contributed by atoms with Crippen molar-refractivity contribution in [2.45, 2.75) is 45.1 Å². The Bertz CT molecular complexity index is 578. The predicted octanol–water partition coefficient (Wildman–Crippen LogP) is 4.85. The lowest BCUT2D eigenvalue weighted by atomic mass is 9.49. The molecule has 4 aliphatic rings. The Kier molecular flexibility index (Phi) is 3.55. The fourth-order valence-electron chi connectivity index (χ4n) is 5.30. The standard InChI is InChI=1S/C18H20BrFO2/c19-15-2-1-14(16(20)6-15)10-22-17(21)18-7-11-3-12(8-18)5-13(4-11)9-18/h1-2,6,11-13H,3-5,7-10H2. The Morgan fingerprint density at radius 2 is 1.77 bits per heavy atom. The summed E-state index contributed by atoms with van der Waals surface area (Å²) in [5.74, 6) is 1.72. The minimum Gasteiger partial charge on any atom is -0.460 e. The molecule has 0 atom stereocenters. The van der Waals surface area contributed by atoms with Crippen molar-refractivity contribution in [3.8, 4) is 0 Å². The van der Waals surface area contributed by atoms with Gasteiger partial charge >= 0.3 is 5.97 Å². The summed E-state index contributed by atoms with van der Waals surface area (Å²) in [7, 11) is 0. The van der Waals surface area contributed by atoms with E-state index in [1.54, 1.807) is 12.1 Å². The van der Waals surface area contributed by atoms with Crippen LogP contribution in [0.5, 0.6) is 0 Å². The molecule has 4 saturated carbocycles. The SMILES string of the molecule is O=C(OCc1ccc(Br)cc1F)C12CC3CC(CC(C3)C1)C2. The molecule has 0 radical (unpaired) electrons. The van der Waals surface area contributed by atoms with E-state index in [4.69, 9.17) is 4.74 Å².